The molecule has 5 nitrogen and oxygen atoms in total. The van der Waals surface area contributed by atoms with Gasteiger partial charge in [-0.3, -0.25) is 4.98 Å². The zero-order valence-electron chi connectivity index (χ0n) is 13.2. The third-order valence-corrected chi connectivity index (χ3v) is 6.06. The first-order valence-electron chi connectivity index (χ1n) is 7.60. The van der Waals surface area contributed by atoms with Crippen LogP contribution in [0, 0.1) is 0 Å². The highest BCUT2D eigenvalue weighted by Crippen LogP contribution is 2.21. The van der Waals surface area contributed by atoms with Gasteiger partial charge in [0, 0.05) is 29.6 Å². The van der Waals surface area contributed by atoms with E-state index in [1.54, 1.807) is 30.5 Å². The second kappa shape index (κ2) is 8.05. The Bertz CT molecular complexity index is 943. The van der Waals surface area contributed by atoms with Crippen LogP contribution in [0.1, 0.15) is 11.3 Å². The van der Waals surface area contributed by atoms with Gasteiger partial charge in [0.2, 0.25) is 10.0 Å². The van der Waals surface area contributed by atoms with Crippen LogP contribution in [-0.4, -0.2) is 24.9 Å². The molecular formula is C17H16ClN3O2S2. The normalized spacial score (nSPS) is 11.6. The van der Waals surface area contributed by atoms with Gasteiger partial charge >= 0.3 is 0 Å². The summed E-state index contributed by atoms with van der Waals surface area (Å²) in [5.74, 6) is -0.136. The van der Waals surface area contributed by atoms with E-state index in [9.17, 15) is 8.42 Å². The summed E-state index contributed by atoms with van der Waals surface area (Å²) in [6, 6.07) is 12.6. The van der Waals surface area contributed by atoms with E-state index in [-0.39, 0.29) is 12.3 Å². The van der Waals surface area contributed by atoms with E-state index < -0.39 is 10.0 Å². The summed E-state index contributed by atoms with van der Waals surface area (Å²) in [4.78, 5) is 8.76. The van der Waals surface area contributed by atoms with Gasteiger partial charge in [-0.05, 0) is 23.8 Å². The van der Waals surface area contributed by atoms with Crippen molar-refractivity contribution in [2.45, 2.75) is 12.2 Å². The molecule has 0 unspecified atom stereocenters. The van der Waals surface area contributed by atoms with E-state index in [4.69, 9.17) is 11.6 Å². The Morgan fingerprint density at radius 1 is 1.12 bits per heavy atom. The van der Waals surface area contributed by atoms with Crippen molar-refractivity contribution in [3.8, 4) is 10.7 Å². The summed E-state index contributed by atoms with van der Waals surface area (Å²) in [5.41, 5.74) is 2.24. The second-order valence-corrected chi connectivity index (χ2v) is 8.43. The van der Waals surface area contributed by atoms with Gasteiger partial charge in [-0.15, -0.1) is 11.3 Å². The summed E-state index contributed by atoms with van der Waals surface area (Å²) in [6.45, 7) is 0.290. The fourth-order valence-electron chi connectivity index (χ4n) is 2.23. The summed E-state index contributed by atoms with van der Waals surface area (Å²) in [6.07, 6.45) is 2.24. The molecule has 1 N–H and O–H groups in total. The van der Waals surface area contributed by atoms with Gasteiger partial charge < -0.3 is 0 Å². The van der Waals surface area contributed by atoms with Crippen molar-refractivity contribution in [2.75, 3.05) is 6.54 Å². The summed E-state index contributed by atoms with van der Waals surface area (Å²) >= 11 is 7.51. The predicted molar refractivity (Wildman–Crippen MR) is 101 cm³/mol. The highest BCUT2D eigenvalue weighted by Gasteiger charge is 2.13. The lowest BCUT2D eigenvalue weighted by atomic mass is 10.2. The van der Waals surface area contributed by atoms with Crippen LogP contribution in [0.25, 0.3) is 10.7 Å². The number of rotatable bonds is 7. The number of aromatic nitrogens is 2. The molecule has 8 heteroatoms. The Hall–Kier alpha value is -1.80. The molecular weight excluding hydrogens is 378 g/mol. The molecule has 2 aromatic heterocycles. The van der Waals surface area contributed by atoms with E-state index in [2.05, 4.69) is 14.7 Å². The SMILES string of the molecule is O=S(=O)(Cc1ccccc1Cl)NCCc1csc(-c2ccccn2)n1. The fraction of sp³-hybridized carbons (Fsp3) is 0.176. The highest BCUT2D eigenvalue weighted by atomic mass is 35.5. The molecule has 0 saturated carbocycles. The maximum Gasteiger partial charge on any atom is 0.215 e. The van der Waals surface area contributed by atoms with Gasteiger partial charge in [0.05, 0.1) is 17.1 Å². The number of thiazole rings is 1. The number of nitrogens with one attached hydrogen (secondary N) is 1. The molecule has 0 bridgehead atoms. The molecule has 0 atom stereocenters. The number of benzene rings is 1. The first-order valence-corrected chi connectivity index (χ1v) is 10.5. The van der Waals surface area contributed by atoms with Crippen LogP contribution in [0.2, 0.25) is 5.02 Å². The molecule has 0 radical (unpaired) electrons. The first kappa shape index (κ1) is 18.0. The van der Waals surface area contributed by atoms with Crippen LogP contribution >= 0.6 is 22.9 Å². The minimum absolute atomic E-state index is 0.136. The first-order chi connectivity index (χ1) is 12.0. The van der Waals surface area contributed by atoms with Crippen LogP contribution in [0.3, 0.4) is 0 Å². The molecule has 130 valence electrons. The van der Waals surface area contributed by atoms with Gasteiger partial charge in [-0.1, -0.05) is 35.9 Å². The van der Waals surface area contributed by atoms with E-state index in [1.807, 2.05) is 23.6 Å². The van der Waals surface area contributed by atoms with Crippen molar-refractivity contribution < 1.29 is 8.42 Å². The van der Waals surface area contributed by atoms with Gasteiger partial charge in [0.25, 0.3) is 0 Å². The van der Waals surface area contributed by atoms with Gasteiger partial charge in [0.1, 0.15) is 5.01 Å². The maximum atomic E-state index is 12.2. The van der Waals surface area contributed by atoms with Crippen molar-refractivity contribution >= 4 is 33.0 Å². The van der Waals surface area contributed by atoms with Crippen molar-refractivity contribution in [3.63, 3.8) is 0 Å². The summed E-state index contributed by atoms with van der Waals surface area (Å²) in [7, 11) is -3.44. The summed E-state index contributed by atoms with van der Waals surface area (Å²) < 4.78 is 26.9. The zero-order chi connectivity index (χ0) is 17.7. The van der Waals surface area contributed by atoms with Crippen LogP contribution in [0.5, 0.6) is 0 Å². The molecule has 2 heterocycles. The average Bonchev–Trinajstić information content (AvgIpc) is 3.06. The number of halogens is 1. The quantitative estimate of drug-likeness (QED) is 0.666. The zero-order valence-corrected chi connectivity index (χ0v) is 15.6. The number of hydrogen-bond acceptors (Lipinski definition) is 5. The lowest BCUT2D eigenvalue weighted by Gasteiger charge is -2.07. The number of hydrogen-bond donors (Lipinski definition) is 1. The molecule has 3 aromatic rings. The van der Waals surface area contributed by atoms with Gasteiger partial charge in [-0.2, -0.15) is 0 Å². The lowest BCUT2D eigenvalue weighted by molar-refractivity contribution is 0.580. The Morgan fingerprint density at radius 3 is 2.68 bits per heavy atom. The number of nitrogens with zero attached hydrogens (tertiary/aromatic N) is 2. The van der Waals surface area contributed by atoms with E-state index in [0.29, 0.717) is 17.0 Å². The minimum Gasteiger partial charge on any atom is -0.254 e. The second-order valence-electron chi connectivity index (χ2n) is 5.35. The van der Waals surface area contributed by atoms with Crippen LogP contribution < -0.4 is 4.72 Å². The van der Waals surface area contributed by atoms with Crippen LogP contribution in [0.15, 0.2) is 54.0 Å². The molecule has 0 spiro atoms. The molecule has 0 amide bonds. The molecule has 0 saturated heterocycles. The van der Waals surface area contributed by atoms with Gasteiger partial charge in [0.15, 0.2) is 0 Å². The van der Waals surface area contributed by atoms with Crippen molar-refractivity contribution in [3.05, 3.63) is 70.3 Å². The van der Waals surface area contributed by atoms with E-state index in [1.165, 1.54) is 11.3 Å². The molecule has 0 aliphatic heterocycles. The fourth-order valence-corrected chi connectivity index (χ4v) is 4.52. The Balaban J connectivity index is 1.56. The largest absolute Gasteiger partial charge is 0.254 e. The molecule has 1 aromatic carbocycles. The van der Waals surface area contributed by atoms with Crippen molar-refractivity contribution in [1.29, 1.82) is 0 Å². The molecule has 25 heavy (non-hydrogen) atoms. The van der Waals surface area contributed by atoms with Crippen molar-refractivity contribution in [1.82, 2.24) is 14.7 Å². The topological polar surface area (TPSA) is 72.0 Å². The van der Waals surface area contributed by atoms with Crippen molar-refractivity contribution in [2.24, 2.45) is 0 Å². The van der Waals surface area contributed by atoms with E-state index in [0.717, 1.165) is 16.4 Å². The lowest BCUT2D eigenvalue weighted by Crippen LogP contribution is -2.27. The third-order valence-electron chi connectivity index (χ3n) is 3.44. The monoisotopic (exact) mass is 393 g/mol. The standard InChI is InChI=1S/C17H16ClN3O2S2/c18-15-6-2-1-5-13(15)12-25(22,23)20-10-8-14-11-24-17(21-14)16-7-3-4-9-19-16/h1-7,9,11,20H,8,10,12H2. The molecule has 0 aliphatic carbocycles. The Labute approximate surface area is 155 Å². The molecule has 0 fully saturated rings. The number of sulfonamides is 1. The minimum atomic E-state index is -3.44. The maximum absolute atomic E-state index is 12.2. The molecule has 0 aliphatic rings. The number of pyridine rings is 1. The van der Waals surface area contributed by atoms with Crippen LogP contribution in [0.4, 0.5) is 0 Å². The van der Waals surface area contributed by atoms with Crippen LogP contribution in [-0.2, 0) is 22.2 Å². The predicted octanol–water partition coefficient (Wildman–Crippen LogP) is 3.52. The Kier molecular flexibility index (Phi) is 5.80. The average molecular weight is 394 g/mol. The highest BCUT2D eigenvalue weighted by molar-refractivity contribution is 7.88. The molecule has 3 rings (SSSR count). The van der Waals surface area contributed by atoms with Gasteiger partial charge in [-0.25, -0.2) is 18.1 Å². The third kappa shape index (κ3) is 5.09. The summed E-state index contributed by atoms with van der Waals surface area (Å²) in [5, 5.41) is 3.20. The van der Waals surface area contributed by atoms with E-state index >= 15 is 0 Å². The smallest absolute Gasteiger partial charge is 0.215 e. The Morgan fingerprint density at radius 2 is 1.92 bits per heavy atom.